The largest absolute Gasteiger partial charge is 0.496 e. The third kappa shape index (κ3) is 4.82. The maximum Gasteiger partial charge on any atom is 0.269 e. The number of imide groups is 1. The Labute approximate surface area is 242 Å². The van der Waals surface area contributed by atoms with Gasteiger partial charge in [-0.25, -0.2) is 0 Å². The number of nitro groups is 1. The van der Waals surface area contributed by atoms with Crippen LogP contribution in [0.4, 0.5) is 5.69 Å². The molecule has 9 nitrogen and oxygen atoms in total. The van der Waals surface area contributed by atoms with E-state index in [2.05, 4.69) is 0 Å². The van der Waals surface area contributed by atoms with Crippen molar-refractivity contribution in [1.29, 1.82) is 0 Å². The van der Waals surface area contributed by atoms with Crippen LogP contribution in [0.2, 0.25) is 0 Å². The number of nitrogens with zero attached hydrogens (tertiary/aromatic N) is 3. The molecular weight excluding hydrogens is 534 g/mol. The first kappa shape index (κ1) is 27.3. The van der Waals surface area contributed by atoms with Crippen molar-refractivity contribution in [2.45, 2.75) is 31.3 Å². The number of benzene rings is 4. The highest BCUT2D eigenvalue weighted by molar-refractivity contribution is 6.08. The number of carbonyl (C=O) groups excluding carboxylic acids is 2. The molecule has 4 aromatic carbocycles. The molecule has 9 heteroatoms. The number of rotatable bonds is 8. The molecule has 1 N–H and O–H groups in total. The second-order valence-corrected chi connectivity index (χ2v) is 10.5. The zero-order chi connectivity index (χ0) is 29.4. The Balaban J connectivity index is 1.37. The third-order valence-electron chi connectivity index (χ3n) is 8.17. The van der Waals surface area contributed by atoms with Gasteiger partial charge in [0.2, 0.25) is 11.8 Å². The quantitative estimate of drug-likeness (QED) is 0.142. The van der Waals surface area contributed by atoms with Crippen LogP contribution in [0.5, 0.6) is 5.75 Å². The first-order chi connectivity index (χ1) is 20.4. The maximum atomic E-state index is 14.1. The second-order valence-electron chi connectivity index (χ2n) is 10.5. The van der Waals surface area contributed by atoms with Crippen LogP contribution < -0.4 is 4.74 Å². The maximum absolute atomic E-state index is 14.1. The Morgan fingerprint density at radius 3 is 2.36 bits per heavy atom. The van der Waals surface area contributed by atoms with Crippen molar-refractivity contribution in [3.63, 3.8) is 0 Å². The summed E-state index contributed by atoms with van der Waals surface area (Å²) < 4.78 is 5.49. The van der Waals surface area contributed by atoms with Gasteiger partial charge in [0, 0.05) is 24.2 Å². The molecule has 2 aliphatic heterocycles. The van der Waals surface area contributed by atoms with Crippen LogP contribution in [0.15, 0.2) is 103 Å². The van der Waals surface area contributed by atoms with Gasteiger partial charge in [-0.05, 0) is 28.0 Å². The molecule has 42 heavy (non-hydrogen) atoms. The van der Waals surface area contributed by atoms with Crippen molar-refractivity contribution in [1.82, 2.24) is 9.80 Å². The number of amides is 2. The van der Waals surface area contributed by atoms with Gasteiger partial charge in [0.15, 0.2) is 0 Å². The van der Waals surface area contributed by atoms with Gasteiger partial charge in [-0.2, -0.15) is 0 Å². The highest BCUT2D eigenvalue weighted by atomic mass is 16.6. The van der Waals surface area contributed by atoms with Gasteiger partial charge in [-0.15, -0.1) is 0 Å². The molecule has 2 heterocycles. The van der Waals surface area contributed by atoms with Crippen LogP contribution in [-0.4, -0.2) is 50.8 Å². The average Bonchev–Trinajstić information content (AvgIpc) is 3.26. The van der Waals surface area contributed by atoms with E-state index in [0.29, 0.717) is 16.9 Å². The Morgan fingerprint density at radius 2 is 1.60 bits per heavy atom. The van der Waals surface area contributed by atoms with Crippen molar-refractivity contribution >= 4 is 28.3 Å². The molecular formula is C33H29N3O6. The van der Waals surface area contributed by atoms with Crippen LogP contribution in [-0.2, 0) is 22.7 Å². The molecule has 4 aromatic rings. The number of hydrogen-bond donors (Lipinski definition) is 1. The minimum atomic E-state index is -1.08. The number of fused-ring (bicyclic) bond motifs is 2. The van der Waals surface area contributed by atoms with Crippen molar-refractivity contribution < 1.29 is 24.4 Å². The Kier molecular flexibility index (Phi) is 7.28. The molecule has 0 aliphatic carbocycles. The molecule has 1 fully saturated rings. The number of carbonyl (C=O) groups is 2. The van der Waals surface area contributed by atoms with Crippen LogP contribution in [0.3, 0.4) is 0 Å². The van der Waals surface area contributed by atoms with Gasteiger partial charge in [0.1, 0.15) is 17.9 Å². The number of nitro benzene ring substituents is 1. The van der Waals surface area contributed by atoms with Gasteiger partial charge in [-0.1, -0.05) is 84.9 Å². The van der Waals surface area contributed by atoms with Gasteiger partial charge < -0.3 is 9.84 Å². The van der Waals surface area contributed by atoms with Crippen molar-refractivity contribution in [3.05, 3.63) is 130 Å². The van der Waals surface area contributed by atoms with Crippen molar-refractivity contribution in [2.24, 2.45) is 5.92 Å². The molecule has 0 unspecified atom stereocenters. The van der Waals surface area contributed by atoms with Gasteiger partial charge in [0.25, 0.3) is 5.69 Å². The molecule has 0 radical (unpaired) electrons. The summed E-state index contributed by atoms with van der Waals surface area (Å²) in [5.74, 6) is -0.872. The monoisotopic (exact) mass is 563 g/mol. The molecule has 212 valence electrons. The fourth-order valence-corrected chi connectivity index (χ4v) is 6.08. The summed E-state index contributed by atoms with van der Waals surface area (Å²) >= 11 is 0. The minimum Gasteiger partial charge on any atom is -0.496 e. The molecule has 0 spiro atoms. The first-order valence-electron chi connectivity index (χ1n) is 13.7. The van der Waals surface area contributed by atoms with Gasteiger partial charge in [-0.3, -0.25) is 29.5 Å². The lowest BCUT2D eigenvalue weighted by atomic mass is 9.88. The zero-order valence-electron chi connectivity index (χ0n) is 22.9. The predicted octanol–water partition coefficient (Wildman–Crippen LogP) is 4.78. The SMILES string of the molecule is COc1ccccc1[C@@H](O)[C@H]1C=C[C@H]2C(=O)N(Cc3cccc4ccccc34)C(=O)[C@H]2N1Cc1ccc([N+](=O)[O-])cc1. The van der Waals surface area contributed by atoms with Crippen LogP contribution in [0.1, 0.15) is 22.8 Å². The number of methoxy groups -OCH3 is 1. The number of non-ortho nitro benzene ring substituents is 1. The number of aliphatic hydroxyl groups excluding tert-OH is 1. The number of para-hydroxylation sites is 1. The van der Waals surface area contributed by atoms with E-state index in [-0.39, 0.29) is 30.6 Å². The van der Waals surface area contributed by atoms with E-state index in [0.717, 1.165) is 16.3 Å². The fourth-order valence-electron chi connectivity index (χ4n) is 6.08. The first-order valence-corrected chi connectivity index (χ1v) is 13.7. The highest BCUT2D eigenvalue weighted by Crippen LogP contribution is 2.39. The van der Waals surface area contributed by atoms with Crippen molar-refractivity contribution in [3.8, 4) is 5.75 Å². The van der Waals surface area contributed by atoms with Crippen molar-refractivity contribution in [2.75, 3.05) is 7.11 Å². The highest BCUT2D eigenvalue weighted by Gasteiger charge is 2.53. The fraction of sp³-hybridized carbons (Fsp3) is 0.212. The molecule has 1 saturated heterocycles. The predicted molar refractivity (Wildman–Crippen MR) is 156 cm³/mol. The second kappa shape index (κ2) is 11.2. The van der Waals surface area contributed by atoms with Crippen LogP contribution in [0.25, 0.3) is 10.8 Å². The number of hydrogen-bond acceptors (Lipinski definition) is 7. The zero-order valence-corrected chi connectivity index (χ0v) is 22.9. The summed E-state index contributed by atoms with van der Waals surface area (Å²) in [5, 5.41) is 24.8. The Bertz CT molecular complexity index is 1700. The van der Waals surface area contributed by atoms with E-state index in [1.165, 1.54) is 24.1 Å². The lowest BCUT2D eigenvalue weighted by molar-refractivity contribution is -0.384. The number of aliphatic hydroxyl groups is 1. The lowest BCUT2D eigenvalue weighted by Gasteiger charge is -2.40. The number of ether oxygens (including phenoxy) is 1. The molecule has 2 amide bonds. The van der Waals surface area contributed by atoms with Crippen LogP contribution in [0, 0.1) is 16.0 Å². The standard InChI is InChI=1S/C33H29N3O6/c1-42-29-12-5-4-11-26(29)31(37)28-18-17-27-30(34(28)19-21-13-15-24(16-14-21)36(40)41)33(39)35(32(27)38)20-23-9-6-8-22-7-2-3-10-25(22)23/h2-18,27-28,30-31,37H,19-20H2,1H3/t27-,28-,30+,31-/m1/s1. The molecule has 0 saturated carbocycles. The smallest absolute Gasteiger partial charge is 0.269 e. The Morgan fingerprint density at radius 1 is 0.881 bits per heavy atom. The van der Waals surface area contributed by atoms with Gasteiger partial charge >= 0.3 is 0 Å². The molecule has 6 rings (SSSR count). The summed E-state index contributed by atoms with van der Waals surface area (Å²) in [6.07, 6.45) is 2.42. The van der Waals surface area contributed by atoms with Crippen LogP contribution >= 0.6 is 0 Å². The number of likely N-dealkylation sites (tertiary alicyclic amines) is 1. The lowest BCUT2D eigenvalue weighted by Crippen LogP contribution is -2.52. The summed E-state index contributed by atoms with van der Waals surface area (Å²) in [4.78, 5) is 41.7. The molecule has 0 aromatic heterocycles. The van der Waals surface area contributed by atoms with E-state index in [1.807, 2.05) is 47.4 Å². The van der Waals surface area contributed by atoms with E-state index >= 15 is 0 Å². The minimum absolute atomic E-state index is 0.0471. The normalized spacial score (nSPS) is 21.0. The van der Waals surface area contributed by atoms with E-state index < -0.39 is 29.0 Å². The van der Waals surface area contributed by atoms with E-state index in [4.69, 9.17) is 4.74 Å². The summed E-state index contributed by atoms with van der Waals surface area (Å²) in [6, 6.07) is 25.3. The Hall–Kier alpha value is -4.86. The summed E-state index contributed by atoms with van der Waals surface area (Å²) in [6.45, 7) is 0.312. The summed E-state index contributed by atoms with van der Waals surface area (Å²) in [5.41, 5.74) is 2.07. The molecule has 2 aliphatic rings. The van der Waals surface area contributed by atoms with E-state index in [1.54, 1.807) is 48.6 Å². The molecule has 4 atom stereocenters. The third-order valence-corrected chi connectivity index (χ3v) is 8.17. The topological polar surface area (TPSA) is 113 Å². The summed E-state index contributed by atoms with van der Waals surface area (Å²) in [7, 11) is 1.53. The van der Waals surface area contributed by atoms with Gasteiger partial charge in [0.05, 0.1) is 30.5 Å². The average molecular weight is 564 g/mol. The molecule has 0 bridgehead atoms. The van der Waals surface area contributed by atoms with E-state index in [9.17, 15) is 24.8 Å².